The quantitative estimate of drug-likeness (QED) is 0.205. The van der Waals surface area contributed by atoms with Gasteiger partial charge in [-0.25, -0.2) is 0 Å². The average molecular weight is 525 g/mol. The number of aliphatic imine (C=N–C) groups is 2. The largest absolute Gasteiger partial charge is 0.370 e. The van der Waals surface area contributed by atoms with Crippen LogP contribution in [0.15, 0.2) is 52.4 Å². The molecule has 37 heavy (non-hydrogen) atoms. The highest BCUT2D eigenvalue weighted by Gasteiger charge is 2.47. The monoisotopic (exact) mass is 524 g/mol. The molecule has 0 saturated carbocycles. The van der Waals surface area contributed by atoms with Gasteiger partial charge < -0.3 is 32.7 Å². The fourth-order valence-electron chi connectivity index (χ4n) is 5.04. The molecule has 0 spiro atoms. The number of nitrogens with two attached hydrogens (primary N) is 4. The molecule has 2 fully saturated rings. The molecule has 2 aromatic carbocycles. The Balaban J connectivity index is 1.50. The number of guanidine groups is 2. The van der Waals surface area contributed by atoms with Gasteiger partial charge >= 0.3 is 0 Å². The summed E-state index contributed by atoms with van der Waals surface area (Å²) in [6.07, 6.45) is 2.51. The van der Waals surface area contributed by atoms with Gasteiger partial charge in [0.1, 0.15) is 6.04 Å². The van der Waals surface area contributed by atoms with Gasteiger partial charge in [-0.15, -0.1) is 11.8 Å². The summed E-state index contributed by atoms with van der Waals surface area (Å²) in [4.78, 5) is 39.1. The first kappa shape index (κ1) is 26.6. The fraction of sp³-hybridized carbons (Fsp3) is 0.462. The van der Waals surface area contributed by atoms with Crippen molar-refractivity contribution in [2.24, 2.45) is 38.8 Å². The van der Waals surface area contributed by atoms with Gasteiger partial charge in [0, 0.05) is 31.3 Å². The van der Waals surface area contributed by atoms with Crippen molar-refractivity contribution in [2.75, 3.05) is 25.4 Å². The van der Waals surface area contributed by atoms with Crippen molar-refractivity contribution in [1.29, 1.82) is 0 Å². The lowest BCUT2D eigenvalue weighted by atomic mass is 9.98. The molecule has 0 aromatic heterocycles. The molecule has 0 bridgehead atoms. The summed E-state index contributed by atoms with van der Waals surface area (Å²) < 4.78 is 0. The number of carbonyl (C=O) groups excluding carboxylic acids is 2. The van der Waals surface area contributed by atoms with E-state index in [2.05, 4.69) is 40.3 Å². The standard InChI is InChI=1S/C26H36N8O2S/c27-25(28)31-11-3-7-20-16-37-22-15-33(14-17-9-10-18-5-1-2-6-19(18)13-17)24(36)21(34(22)23(20)35)8-4-12-32-26(29)30/h1-2,5-6,9-10,13,20-22H,3-4,7-8,11-12,14-16H2,(H4,27,28,31)(H4,29,30,32)/t20?,21-,22?/m0/s1. The van der Waals surface area contributed by atoms with E-state index in [0.717, 1.165) is 16.7 Å². The molecule has 2 saturated heterocycles. The zero-order chi connectivity index (χ0) is 26.4. The van der Waals surface area contributed by atoms with Crippen LogP contribution in [-0.2, 0) is 16.1 Å². The van der Waals surface area contributed by atoms with Gasteiger partial charge in [-0.2, -0.15) is 0 Å². The van der Waals surface area contributed by atoms with E-state index in [1.54, 1.807) is 11.8 Å². The van der Waals surface area contributed by atoms with Crippen molar-refractivity contribution in [3.8, 4) is 0 Å². The highest BCUT2D eigenvalue weighted by molar-refractivity contribution is 8.00. The Kier molecular flexibility index (Phi) is 8.75. The highest BCUT2D eigenvalue weighted by atomic mass is 32.2. The average Bonchev–Trinajstić information content (AvgIpc) is 2.87. The van der Waals surface area contributed by atoms with Crippen LogP contribution >= 0.6 is 11.8 Å². The molecule has 0 aliphatic carbocycles. The number of piperazine rings is 1. The van der Waals surface area contributed by atoms with E-state index in [-0.39, 0.29) is 35.0 Å². The van der Waals surface area contributed by atoms with Gasteiger partial charge in [-0.1, -0.05) is 36.4 Å². The topological polar surface area (TPSA) is 169 Å². The Hall–Kier alpha value is -3.47. The van der Waals surface area contributed by atoms with Crippen molar-refractivity contribution in [1.82, 2.24) is 9.80 Å². The second-order valence-corrected chi connectivity index (χ2v) is 10.8. The number of carbonyl (C=O) groups is 2. The highest BCUT2D eigenvalue weighted by Crippen LogP contribution is 2.37. The molecule has 2 aromatic rings. The zero-order valence-electron chi connectivity index (χ0n) is 21.0. The van der Waals surface area contributed by atoms with E-state index in [1.165, 1.54) is 5.39 Å². The lowest BCUT2D eigenvalue weighted by Crippen LogP contribution is -2.65. The van der Waals surface area contributed by atoms with Crippen LogP contribution in [0.5, 0.6) is 0 Å². The van der Waals surface area contributed by atoms with Crippen LogP contribution in [0.4, 0.5) is 0 Å². The predicted octanol–water partition coefficient (Wildman–Crippen LogP) is 1.18. The Bertz CT molecular complexity index is 1180. The van der Waals surface area contributed by atoms with E-state index in [1.807, 2.05) is 21.9 Å². The minimum absolute atomic E-state index is 0.0239. The molecule has 2 unspecified atom stereocenters. The summed E-state index contributed by atoms with van der Waals surface area (Å²) in [5.41, 5.74) is 22.8. The molecule has 2 heterocycles. The number of thioether (sulfide) groups is 1. The second-order valence-electron chi connectivity index (χ2n) is 9.54. The minimum atomic E-state index is -0.533. The van der Waals surface area contributed by atoms with Crippen LogP contribution in [-0.4, -0.2) is 70.3 Å². The molecule has 0 radical (unpaired) electrons. The van der Waals surface area contributed by atoms with E-state index in [9.17, 15) is 9.59 Å². The van der Waals surface area contributed by atoms with Gasteiger partial charge in [0.2, 0.25) is 11.8 Å². The second kappa shape index (κ2) is 12.2. The van der Waals surface area contributed by atoms with Crippen LogP contribution < -0.4 is 22.9 Å². The summed E-state index contributed by atoms with van der Waals surface area (Å²) in [6, 6.07) is 13.9. The fourth-order valence-corrected chi connectivity index (χ4v) is 6.50. The van der Waals surface area contributed by atoms with Gasteiger partial charge in [0.25, 0.3) is 0 Å². The number of hydrogen-bond acceptors (Lipinski definition) is 5. The number of benzene rings is 2. The normalized spacial score (nSPS) is 21.6. The molecule has 4 rings (SSSR count). The molecule has 11 heteroatoms. The van der Waals surface area contributed by atoms with E-state index < -0.39 is 6.04 Å². The number of fused-ring (bicyclic) bond motifs is 2. The lowest BCUT2D eigenvalue weighted by Gasteiger charge is -2.49. The van der Waals surface area contributed by atoms with Crippen molar-refractivity contribution in [2.45, 2.75) is 43.6 Å². The maximum absolute atomic E-state index is 13.8. The molecule has 198 valence electrons. The van der Waals surface area contributed by atoms with Gasteiger partial charge in [0.05, 0.1) is 11.9 Å². The maximum Gasteiger partial charge on any atom is 0.245 e. The smallest absolute Gasteiger partial charge is 0.245 e. The molecule has 2 aliphatic heterocycles. The van der Waals surface area contributed by atoms with Crippen LogP contribution in [0.3, 0.4) is 0 Å². The summed E-state index contributed by atoms with van der Waals surface area (Å²) in [6.45, 7) is 1.92. The Morgan fingerprint density at radius 1 is 0.892 bits per heavy atom. The first-order chi connectivity index (χ1) is 17.8. The van der Waals surface area contributed by atoms with E-state index in [4.69, 9.17) is 22.9 Å². The van der Waals surface area contributed by atoms with Crippen LogP contribution in [0.25, 0.3) is 10.8 Å². The minimum Gasteiger partial charge on any atom is -0.370 e. The number of nitrogens with zero attached hydrogens (tertiary/aromatic N) is 4. The molecule has 10 nitrogen and oxygen atoms in total. The molecule has 2 amide bonds. The van der Waals surface area contributed by atoms with Gasteiger partial charge in [0.15, 0.2) is 11.9 Å². The third-order valence-corrected chi connectivity index (χ3v) is 8.19. The predicted molar refractivity (Wildman–Crippen MR) is 150 cm³/mol. The van der Waals surface area contributed by atoms with Crippen molar-refractivity contribution >= 4 is 46.3 Å². The third-order valence-electron chi connectivity index (χ3n) is 6.84. The van der Waals surface area contributed by atoms with Crippen molar-refractivity contribution < 1.29 is 9.59 Å². The summed E-state index contributed by atoms with van der Waals surface area (Å²) >= 11 is 1.75. The molecular formula is C26H36N8O2S. The molecule has 2 aliphatic rings. The van der Waals surface area contributed by atoms with E-state index >= 15 is 0 Å². The first-order valence-electron chi connectivity index (χ1n) is 12.6. The lowest BCUT2D eigenvalue weighted by molar-refractivity contribution is -0.156. The van der Waals surface area contributed by atoms with Crippen LogP contribution in [0.2, 0.25) is 0 Å². The van der Waals surface area contributed by atoms with Gasteiger partial charge in [-0.05, 0) is 48.1 Å². The van der Waals surface area contributed by atoms with Crippen LogP contribution in [0.1, 0.15) is 31.2 Å². The van der Waals surface area contributed by atoms with Crippen molar-refractivity contribution in [3.05, 3.63) is 48.0 Å². The Morgan fingerprint density at radius 3 is 2.27 bits per heavy atom. The number of hydrogen-bond donors (Lipinski definition) is 4. The Morgan fingerprint density at radius 2 is 1.57 bits per heavy atom. The number of amides is 2. The third kappa shape index (κ3) is 6.65. The molecule has 3 atom stereocenters. The SMILES string of the molecule is NC(N)=NCCCC1CSC2CN(Cc3ccc4ccccc4c3)C(=O)[C@H](CCCN=C(N)N)N2C1=O. The van der Waals surface area contributed by atoms with E-state index in [0.29, 0.717) is 51.9 Å². The van der Waals surface area contributed by atoms with Gasteiger partial charge in [-0.3, -0.25) is 19.6 Å². The zero-order valence-corrected chi connectivity index (χ0v) is 21.8. The summed E-state index contributed by atoms with van der Waals surface area (Å²) in [5, 5.41) is 2.23. The van der Waals surface area contributed by atoms with Crippen molar-refractivity contribution in [3.63, 3.8) is 0 Å². The first-order valence-corrected chi connectivity index (χ1v) is 13.7. The summed E-state index contributed by atoms with van der Waals surface area (Å²) in [7, 11) is 0. The van der Waals surface area contributed by atoms with Crippen LogP contribution in [0, 0.1) is 5.92 Å². The molecule has 8 N–H and O–H groups in total. The Labute approximate surface area is 221 Å². The maximum atomic E-state index is 13.8. The molecular weight excluding hydrogens is 488 g/mol. The number of rotatable bonds is 10. The summed E-state index contributed by atoms with van der Waals surface area (Å²) in [5.74, 6) is 0.661.